The summed E-state index contributed by atoms with van der Waals surface area (Å²) in [4.78, 5) is 14.8. The predicted octanol–water partition coefficient (Wildman–Crippen LogP) is 4.18. The van der Waals surface area contributed by atoms with Crippen LogP contribution in [-0.2, 0) is 0 Å². The van der Waals surface area contributed by atoms with E-state index in [9.17, 15) is 15.4 Å². The lowest BCUT2D eigenvalue weighted by Gasteiger charge is -2.11. The topological polar surface area (TPSA) is 115 Å². The highest BCUT2D eigenvalue weighted by Gasteiger charge is 2.15. The summed E-state index contributed by atoms with van der Waals surface area (Å²) in [6, 6.07) is 17.2. The molecule has 3 aromatic rings. The first-order valence-corrected chi connectivity index (χ1v) is 8.22. The monoisotopic (exact) mass is 360 g/mol. The van der Waals surface area contributed by atoms with E-state index in [4.69, 9.17) is 10.5 Å². The number of pyridine rings is 1. The number of nitrogen functional groups attached to an aromatic ring is 1. The van der Waals surface area contributed by atoms with Gasteiger partial charge in [0, 0.05) is 23.3 Å². The summed E-state index contributed by atoms with van der Waals surface area (Å²) >= 11 is 0. The van der Waals surface area contributed by atoms with Crippen molar-refractivity contribution in [2.75, 3.05) is 12.3 Å². The molecule has 2 N–H and O–H groups in total. The number of rotatable bonds is 5. The van der Waals surface area contributed by atoms with Crippen LogP contribution < -0.4 is 10.5 Å². The van der Waals surface area contributed by atoms with E-state index in [0.29, 0.717) is 23.4 Å². The molecule has 134 valence electrons. The van der Waals surface area contributed by atoms with Gasteiger partial charge in [-0.05, 0) is 30.7 Å². The van der Waals surface area contributed by atoms with Crippen molar-refractivity contribution in [3.8, 4) is 34.2 Å². The minimum Gasteiger partial charge on any atom is -0.494 e. The SMILES string of the molecule is CCOc1ccc(-c2cc(-c3cccc([N+](=O)[O-])c3)nc(N)c2C#N)cc1. The predicted molar refractivity (Wildman–Crippen MR) is 102 cm³/mol. The van der Waals surface area contributed by atoms with E-state index in [1.165, 1.54) is 12.1 Å². The van der Waals surface area contributed by atoms with Gasteiger partial charge in [-0.15, -0.1) is 0 Å². The van der Waals surface area contributed by atoms with E-state index in [1.54, 1.807) is 18.2 Å². The van der Waals surface area contributed by atoms with E-state index in [-0.39, 0.29) is 17.1 Å². The molecule has 0 atom stereocenters. The van der Waals surface area contributed by atoms with Crippen molar-refractivity contribution >= 4 is 11.5 Å². The molecule has 27 heavy (non-hydrogen) atoms. The normalized spacial score (nSPS) is 10.2. The third-order valence-electron chi connectivity index (χ3n) is 3.99. The maximum atomic E-state index is 11.0. The van der Waals surface area contributed by atoms with E-state index in [2.05, 4.69) is 11.1 Å². The highest BCUT2D eigenvalue weighted by atomic mass is 16.6. The maximum absolute atomic E-state index is 11.0. The first-order valence-electron chi connectivity index (χ1n) is 8.22. The molecule has 0 saturated heterocycles. The molecule has 7 nitrogen and oxygen atoms in total. The van der Waals surface area contributed by atoms with Crippen LogP contribution in [0.2, 0.25) is 0 Å². The Balaban J connectivity index is 2.13. The Morgan fingerprint density at radius 3 is 2.56 bits per heavy atom. The molecule has 0 aliphatic rings. The molecule has 0 bridgehead atoms. The van der Waals surface area contributed by atoms with Gasteiger partial charge in [0.15, 0.2) is 0 Å². The Kier molecular flexibility index (Phi) is 4.99. The number of nitrogens with two attached hydrogens (primary N) is 1. The number of anilines is 1. The number of benzene rings is 2. The van der Waals surface area contributed by atoms with E-state index in [0.717, 1.165) is 11.3 Å². The summed E-state index contributed by atoms with van der Waals surface area (Å²) < 4.78 is 5.44. The lowest BCUT2D eigenvalue weighted by Crippen LogP contribution is -2.00. The zero-order chi connectivity index (χ0) is 19.4. The molecule has 0 spiro atoms. The smallest absolute Gasteiger partial charge is 0.270 e. The number of hydrogen-bond acceptors (Lipinski definition) is 6. The van der Waals surface area contributed by atoms with Crippen LogP contribution in [0.4, 0.5) is 11.5 Å². The molecule has 0 unspecified atom stereocenters. The van der Waals surface area contributed by atoms with Gasteiger partial charge in [0.05, 0.1) is 17.2 Å². The number of nitrogens with zero attached hydrogens (tertiary/aromatic N) is 3. The molecular weight excluding hydrogens is 344 g/mol. The molecule has 1 heterocycles. The Labute approximate surface area is 155 Å². The second-order valence-corrected chi connectivity index (χ2v) is 5.69. The van der Waals surface area contributed by atoms with Crippen LogP contribution in [0.15, 0.2) is 54.6 Å². The van der Waals surface area contributed by atoms with Crippen molar-refractivity contribution in [3.05, 3.63) is 70.3 Å². The molecule has 7 heteroatoms. The molecular formula is C20H16N4O3. The highest BCUT2D eigenvalue weighted by Crippen LogP contribution is 2.33. The lowest BCUT2D eigenvalue weighted by atomic mass is 9.98. The summed E-state index contributed by atoms with van der Waals surface area (Å²) in [5.41, 5.74) is 8.59. The van der Waals surface area contributed by atoms with Gasteiger partial charge in [0.2, 0.25) is 0 Å². The second-order valence-electron chi connectivity index (χ2n) is 5.69. The average molecular weight is 360 g/mol. The summed E-state index contributed by atoms with van der Waals surface area (Å²) in [5, 5.41) is 20.5. The fraction of sp³-hybridized carbons (Fsp3) is 0.100. The summed E-state index contributed by atoms with van der Waals surface area (Å²) in [7, 11) is 0. The standard InChI is InChI=1S/C20H16N4O3/c1-2-27-16-8-6-13(7-9-16)17-11-19(23-20(22)18(17)12-21)14-4-3-5-15(10-14)24(25)26/h3-11H,2H2,1H3,(H2,22,23). The van der Waals surface area contributed by atoms with Crippen LogP contribution in [0.25, 0.3) is 22.4 Å². The van der Waals surface area contributed by atoms with Crippen LogP contribution in [0.1, 0.15) is 12.5 Å². The molecule has 0 aliphatic carbocycles. The fourth-order valence-corrected chi connectivity index (χ4v) is 2.73. The van der Waals surface area contributed by atoms with Gasteiger partial charge in [-0.1, -0.05) is 24.3 Å². The number of nitro benzene ring substituents is 1. The second kappa shape index (κ2) is 7.54. The Hall–Kier alpha value is -3.92. The minimum atomic E-state index is -0.468. The zero-order valence-corrected chi connectivity index (χ0v) is 14.5. The van der Waals surface area contributed by atoms with Crippen molar-refractivity contribution in [1.29, 1.82) is 5.26 Å². The minimum absolute atomic E-state index is 0.0418. The van der Waals surface area contributed by atoms with Crippen LogP contribution in [0, 0.1) is 21.4 Å². The van der Waals surface area contributed by atoms with Gasteiger partial charge in [-0.2, -0.15) is 5.26 Å². The van der Waals surface area contributed by atoms with Crippen molar-refractivity contribution in [3.63, 3.8) is 0 Å². The number of hydrogen-bond donors (Lipinski definition) is 1. The van der Waals surface area contributed by atoms with Crippen LogP contribution in [0.5, 0.6) is 5.75 Å². The first-order chi connectivity index (χ1) is 13.0. The molecule has 3 rings (SSSR count). The quantitative estimate of drug-likeness (QED) is 0.539. The molecule has 0 radical (unpaired) electrons. The third-order valence-corrected chi connectivity index (χ3v) is 3.99. The van der Waals surface area contributed by atoms with Gasteiger partial charge < -0.3 is 10.5 Å². The third kappa shape index (κ3) is 3.70. The van der Waals surface area contributed by atoms with Crippen molar-refractivity contribution in [2.45, 2.75) is 6.92 Å². The molecule has 1 aromatic heterocycles. The largest absolute Gasteiger partial charge is 0.494 e. The number of aromatic nitrogens is 1. The van der Waals surface area contributed by atoms with Crippen LogP contribution in [-0.4, -0.2) is 16.5 Å². The van der Waals surface area contributed by atoms with Crippen molar-refractivity contribution < 1.29 is 9.66 Å². The lowest BCUT2D eigenvalue weighted by molar-refractivity contribution is -0.384. The average Bonchev–Trinajstić information content (AvgIpc) is 2.68. The van der Waals surface area contributed by atoms with E-state index < -0.39 is 4.92 Å². The number of nitro groups is 1. The van der Waals surface area contributed by atoms with Gasteiger partial charge >= 0.3 is 0 Å². The van der Waals surface area contributed by atoms with E-state index in [1.807, 2.05) is 31.2 Å². The Morgan fingerprint density at radius 2 is 1.93 bits per heavy atom. The van der Waals surface area contributed by atoms with E-state index >= 15 is 0 Å². The maximum Gasteiger partial charge on any atom is 0.270 e. The molecule has 2 aromatic carbocycles. The highest BCUT2D eigenvalue weighted by molar-refractivity contribution is 5.80. The van der Waals surface area contributed by atoms with Crippen LogP contribution >= 0.6 is 0 Å². The molecule has 0 saturated carbocycles. The summed E-state index contributed by atoms with van der Waals surface area (Å²) in [6.45, 7) is 2.46. The number of nitriles is 1. The van der Waals surface area contributed by atoms with Gasteiger partial charge in [0.1, 0.15) is 23.2 Å². The Bertz CT molecular complexity index is 1040. The molecule has 0 amide bonds. The zero-order valence-electron chi connectivity index (χ0n) is 14.5. The molecule has 0 aliphatic heterocycles. The number of ether oxygens (including phenoxy) is 1. The summed E-state index contributed by atoms with van der Waals surface area (Å²) in [6.07, 6.45) is 0. The van der Waals surface area contributed by atoms with Crippen molar-refractivity contribution in [1.82, 2.24) is 4.98 Å². The summed E-state index contributed by atoms with van der Waals surface area (Å²) in [5.74, 6) is 0.797. The van der Waals surface area contributed by atoms with Gasteiger partial charge in [0.25, 0.3) is 5.69 Å². The van der Waals surface area contributed by atoms with Gasteiger partial charge in [-0.3, -0.25) is 10.1 Å². The van der Waals surface area contributed by atoms with Gasteiger partial charge in [-0.25, -0.2) is 4.98 Å². The fourth-order valence-electron chi connectivity index (χ4n) is 2.73. The van der Waals surface area contributed by atoms with Crippen LogP contribution in [0.3, 0.4) is 0 Å². The molecule has 0 fully saturated rings. The number of non-ortho nitro benzene ring substituents is 1. The first kappa shape index (κ1) is 17.9. The van der Waals surface area contributed by atoms with Crippen molar-refractivity contribution in [2.24, 2.45) is 0 Å². The Morgan fingerprint density at radius 1 is 1.19 bits per heavy atom.